The molecular weight excluding hydrogens is 270 g/mol. The predicted molar refractivity (Wildman–Crippen MR) is 82.9 cm³/mol. The molecule has 0 rings (SSSR count). The van der Waals surface area contributed by atoms with E-state index in [1.807, 2.05) is 27.7 Å². The van der Waals surface area contributed by atoms with Gasteiger partial charge in [0.25, 0.3) is 0 Å². The molecule has 0 aromatic heterocycles. The van der Waals surface area contributed by atoms with E-state index in [0.717, 1.165) is 12.8 Å². The van der Waals surface area contributed by atoms with E-state index in [4.69, 9.17) is 9.47 Å². The SMILES string of the molecule is C=C(CCC)C(=O)OCCOCCNC(=O)C(C)(C)CC. The van der Waals surface area contributed by atoms with E-state index < -0.39 is 0 Å². The van der Waals surface area contributed by atoms with Crippen molar-refractivity contribution < 1.29 is 19.1 Å². The Bertz CT molecular complexity index is 350. The predicted octanol–water partition coefficient (Wildman–Crippen LogP) is 2.45. The second kappa shape index (κ2) is 10.4. The van der Waals surface area contributed by atoms with Crippen molar-refractivity contribution in [3.8, 4) is 0 Å². The number of carbonyl (C=O) groups is 2. The van der Waals surface area contributed by atoms with E-state index >= 15 is 0 Å². The van der Waals surface area contributed by atoms with Crippen LogP contribution in [0.15, 0.2) is 12.2 Å². The molecule has 0 aliphatic carbocycles. The van der Waals surface area contributed by atoms with Crippen molar-refractivity contribution in [1.82, 2.24) is 5.32 Å². The van der Waals surface area contributed by atoms with Crippen molar-refractivity contribution in [3.63, 3.8) is 0 Å². The molecule has 0 aromatic rings. The van der Waals surface area contributed by atoms with Gasteiger partial charge in [0.05, 0.1) is 13.2 Å². The first kappa shape index (κ1) is 19.6. The fourth-order valence-corrected chi connectivity index (χ4v) is 1.44. The topological polar surface area (TPSA) is 64.6 Å². The maximum atomic E-state index is 11.8. The van der Waals surface area contributed by atoms with Crippen molar-refractivity contribution in [1.29, 1.82) is 0 Å². The highest BCUT2D eigenvalue weighted by atomic mass is 16.6. The quantitative estimate of drug-likeness (QED) is 0.361. The fourth-order valence-electron chi connectivity index (χ4n) is 1.44. The summed E-state index contributed by atoms with van der Waals surface area (Å²) >= 11 is 0. The Morgan fingerprint density at radius 3 is 2.38 bits per heavy atom. The van der Waals surface area contributed by atoms with Gasteiger partial charge in [0.1, 0.15) is 6.61 Å². The number of amides is 1. The standard InChI is InChI=1S/C16H29NO4/c1-6-8-13(3)14(18)21-12-11-20-10-9-17-15(19)16(4,5)7-2/h3,6-12H2,1-2,4-5H3,(H,17,19). The summed E-state index contributed by atoms with van der Waals surface area (Å²) < 4.78 is 10.3. The summed E-state index contributed by atoms with van der Waals surface area (Å²) in [7, 11) is 0. The van der Waals surface area contributed by atoms with Gasteiger partial charge in [0, 0.05) is 17.5 Å². The Kier molecular flexibility index (Phi) is 9.71. The third kappa shape index (κ3) is 8.50. The van der Waals surface area contributed by atoms with Crippen LogP contribution >= 0.6 is 0 Å². The number of hydrogen-bond acceptors (Lipinski definition) is 4. The molecule has 0 bridgehead atoms. The zero-order chi connectivity index (χ0) is 16.3. The molecule has 0 saturated heterocycles. The highest BCUT2D eigenvalue weighted by Gasteiger charge is 2.24. The number of rotatable bonds is 11. The zero-order valence-corrected chi connectivity index (χ0v) is 13.8. The van der Waals surface area contributed by atoms with Gasteiger partial charge in [-0.3, -0.25) is 4.79 Å². The molecule has 0 saturated carbocycles. The van der Waals surface area contributed by atoms with E-state index in [2.05, 4.69) is 11.9 Å². The minimum atomic E-state index is -0.363. The van der Waals surface area contributed by atoms with Crippen LogP contribution in [-0.2, 0) is 19.1 Å². The molecule has 21 heavy (non-hydrogen) atoms. The minimum Gasteiger partial charge on any atom is -0.460 e. The number of carbonyl (C=O) groups excluding carboxylic acids is 2. The molecule has 1 N–H and O–H groups in total. The minimum absolute atomic E-state index is 0.0240. The molecule has 0 radical (unpaired) electrons. The number of hydrogen-bond donors (Lipinski definition) is 1. The third-order valence-corrected chi connectivity index (χ3v) is 3.33. The molecule has 0 aliphatic rings. The summed E-state index contributed by atoms with van der Waals surface area (Å²) in [4.78, 5) is 23.2. The smallest absolute Gasteiger partial charge is 0.333 e. The second-order valence-corrected chi connectivity index (χ2v) is 5.60. The molecule has 0 aromatic carbocycles. The summed E-state index contributed by atoms with van der Waals surface area (Å²) in [6.45, 7) is 12.8. The van der Waals surface area contributed by atoms with Crippen LogP contribution in [0.4, 0.5) is 0 Å². The summed E-state index contributed by atoms with van der Waals surface area (Å²) in [5.74, 6) is -0.339. The van der Waals surface area contributed by atoms with Crippen molar-refractivity contribution in [2.24, 2.45) is 5.41 Å². The zero-order valence-electron chi connectivity index (χ0n) is 13.8. The van der Waals surface area contributed by atoms with E-state index in [1.165, 1.54) is 0 Å². The van der Waals surface area contributed by atoms with Crippen LogP contribution in [0.3, 0.4) is 0 Å². The van der Waals surface area contributed by atoms with Gasteiger partial charge in [0.2, 0.25) is 5.91 Å². The molecule has 0 fully saturated rings. The average molecular weight is 299 g/mol. The summed E-state index contributed by atoms with van der Waals surface area (Å²) in [5.41, 5.74) is 0.140. The Morgan fingerprint density at radius 2 is 1.81 bits per heavy atom. The van der Waals surface area contributed by atoms with Crippen LogP contribution in [0, 0.1) is 5.41 Å². The van der Waals surface area contributed by atoms with Gasteiger partial charge in [-0.25, -0.2) is 4.79 Å². The Morgan fingerprint density at radius 1 is 1.14 bits per heavy atom. The van der Waals surface area contributed by atoms with Crippen molar-refractivity contribution in [2.75, 3.05) is 26.4 Å². The summed E-state index contributed by atoms with van der Waals surface area (Å²) in [5, 5.41) is 2.82. The normalized spacial score (nSPS) is 11.0. The first-order valence-corrected chi connectivity index (χ1v) is 7.56. The number of esters is 1. The lowest BCUT2D eigenvalue weighted by Gasteiger charge is -2.21. The van der Waals surface area contributed by atoms with E-state index in [0.29, 0.717) is 31.8 Å². The largest absolute Gasteiger partial charge is 0.460 e. The molecule has 0 spiro atoms. The third-order valence-electron chi connectivity index (χ3n) is 3.33. The Balaban J connectivity index is 3.59. The van der Waals surface area contributed by atoms with Gasteiger partial charge >= 0.3 is 5.97 Å². The van der Waals surface area contributed by atoms with Crippen molar-refractivity contribution in [2.45, 2.75) is 47.0 Å². The summed E-state index contributed by atoms with van der Waals surface area (Å²) in [6, 6.07) is 0. The highest BCUT2D eigenvalue weighted by molar-refractivity contribution is 5.87. The van der Waals surface area contributed by atoms with Crippen LogP contribution in [0.5, 0.6) is 0 Å². The molecule has 122 valence electrons. The lowest BCUT2D eigenvalue weighted by atomic mass is 9.89. The maximum Gasteiger partial charge on any atom is 0.333 e. The van der Waals surface area contributed by atoms with Crippen molar-refractivity contribution >= 4 is 11.9 Å². The van der Waals surface area contributed by atoms with Gasteiger partial charge in [-0.05, 0) is 12.8 Å². The highest BCUT2D eigenvalue weighted by Crippen LogP contribution is 2.18. The molecule has 1 amide bonds. The fraction of sp³-hybridized carbons (Fsp3) is 0.750. The lowest BCUT2D eigenvalue weighted by molar-refractivity contribution is -0.140. The molecular formula is C16H29NO4. The van der Waals surface area contributed by atoms with Crippen LogP contribution < -0.4 is 5.32 Å². The molecule has 0 atom stereocenters. The van der Waals surface area contributed by atoms with Gasteiger partial charge in [-0.15, -0.1) is 0 Å². The van der Waals surface area contributed by atoms with Gasteiger partial charge < -0.3 is 14.8 Å². The molecule has 0 unspecified atom stereocenters. The van der Waals surface area contributed by atoms with Gasteiger partial charge in [0.15, 0.2) is 0 Å². The van der Waals surface area contributed by atoms with Crippen LogP contribution in [0.2, 0.25) is 0 Å². The Hall–Kier alpha value is -1.36. The van der Waals surface area contributed by atoms with Gasteiger partial charge in [-0.1, -0.05) is 40.7 Å². The maximum absolute atomic E-state index is 11.8. The average Bonchev–Trinajstić information content (AvgIpc) is 2.45. The van der Waals surface area contributed by atoms with E-state index in [-0.39, 0.29) is 23.9 Å². The van der Waals surface area contributed by atoms with Crippen LogP contribution in [0.1, 0.15) is 47.0 Å². The number of ether oxygens (including phenoxy) is 2. The van der Waals surface area contributed by atoms with E-state index in [9.17, 15) is 9.59 Å². The first-order chi connectivity index (χ1) is 9.85. The van der Waals surface area contributed by atoms with Crippen molar-refractivity contribution in [3.05, 3.63) is 12.2 Å². The summed E-state index contributed by atoms with van der Waals surface area (Å²) in [6.07, 6.45) is 2.31. The molecule has 0 aliphatic heterocycles. The Labute approximate surface area is 128 Å². The van der Waals surface area contributed by atoms with Crippen LogP contribution in [-0.4, -0.2) is 38.2 Å². The molecule has 5 nitrogen and oxygen atoms in total. The number of nitrogens with one attached hydrogen (secondary N) is 1. The molecule has 5 heteroatoms. The van der Waals surface area contributed by atoms with E-state index in [1.54, 1.807) is 0 Å². The lowest BCUT2D eigenvalue weighted by Crippen LogP contribution is -2.38. The second-order valence-electron chi connectivity index (χ2n) is 5.60. The van der Waals surface area contributed by atoms with Gasteiger partial charge in [-0.2, -0.15) is 0 Å². The molecule has 0 heterocycles. The first-order valence-electron chi connectivity index (χ1n) is 7.56. The monoisotopic (exact) mass is 299 g/mol. The van der Waals surface area contributed by atoms with Crippen LogP contribution in [0.25, 0.3) is 0 Å².